The molecule has 0 amide bonds. The molecule has 9 aromatic carbocycles. The van der Waals surface area contributed by atoms with Crippen LogP contribution in [0.1, 0.15) is 97.1 Å². The van der Waals surface area contributed by atoms with Crippen molar-refractivity contribution in [2.75, 3.05) is 39.6 Å². The van der Waals surface area contributed by atoms with Gasteiger partial charge in [-0.2, -0.15) is 0 Å². The number of benzene rings is 9. The molecule has 3 heterocycles. The molecule has 2 unspecified atom stereocenters. The Kier molecular flexibility index (Phi) is 29.6. The Morgan fingerprint density at radius 2 is 0.573 bits per heavy atom. The third-order valence-electron chi connectivity index (χ3n) is 17.6. The van der Waals surface area contributed by atoms with Gasteiger partial charge in [0.05, 0.1) is 28.5 Å². The molecule has 21 heteroatoms. The van der Waals surface area contributed by atoms with Gasteiger partial charge < -0.3 is 43.7 Å². The predicted molar refractivity (Wildman–Crippen MR) is 425 cm³/mol. The van der Waals surface area contributed by atoms with Gasteiger partial charge in [-0.05, 0) is 75.9 Å². The summed E-state index contributed by atoms with van der Waals surface area (Å²) in [6.07, 6.45) is 7.35. The smallest absolute Gasteiger partial charge is 0.309 e. The summed E-state index contributed by atoms with van der Waals surface area (Å²) in [5.74, 6) is 4.58. The lowest BCUT2D eigenvalue weighted by molar-refractivity contribution is -0.150. The number of aryl methyl sites for hydroxylation is 2. The summed E-state index contributed by atoms with van der Waals surface area (Å²) in [6.45, 7) is 14.6. The van der Waals surface area contributed by atoms with Crippen molar-refractivity contribution in [3.8, 4) is 137 Å². The lowest BCUT2D eigenvalue weighted by atomic mass is 10.00. The van der Waals surface area contributed by atoms with Gasteiger partial charge in [0.25, 0.3) is 0 Å². The van der Waals surface area contributed by atoms with Crippen LogP contribution in [0.25, 0.3) is 102 Å². The third kappa shape index (κ3) is 23.1. The summed E-state index contributed by atoms with van der Waals surface area (Å²) < 4.78 is 32.6. The Morgan fingerprint density at radius 3 is 0.818 bits per heavy atom. The topological polar surface area (TPSA) is 283 Å². The molecule has 3 N–H and O–H groups in total. The molecule has 21 nitrogen and oxygen atoms in total. The summed E-state index contributed by atoms with van der Waals surface area (Å²) in [4.78, 5) is 77.4. The van der Waals surface area contributed by atoms with Gasteiger partial charge in [-0.25, -0.2) is 44.9 Å². The first kappa shape index (κ1) is 79.8. The number of rotatable bonds is 31. The van der Waals surface area contributed by atoms with Crippen LogP contribution in [-0.4, -0.2) is 118 Å². The van der Waals surface area contributed by atoms with Crippen LogP contribution in [0.4, 0.5) is 0 Å². The molecule has 12 rings (SSSR count). The van der Waals surface area contributed by atoms with Gasteiger partial charge in [0.15, 0.2) is 52.4 Å². The highest BCUT2D eigenvalue weighted by Crippen LogP contribution is 2.37. The average Bonchev–Trinajstić information content (AvgIpc) is 0.804. The highest BCUT2D eigenvalue weighted by Gasteiger charge is 2.22. The Hall–Kier alpha value is -12.8. The SMILES string of the molecule is CC(=O)OCCOc1ccc(-c2nc(-c3ccccc3)nc(-c3ccccc3)n2)c(O)c1.CCCCC(CC)C(=O)OCCOc1ccc(-c2nc(-c3ccc(C)cc3)nc(-c3ccc(C)cc3)n2)c(O)c1.CCCCC(CC)C(=O)OCCOc1ccc(-c2nc(-c3ccccc3)nc(-c3ccccc3)n2)c(O)c1. The van der Waals surface area contributed by atoms with Crippen LogP contribution in [0.3, 0.4) is 0 Å². The third-order valence-corrected chi connectivity index (χ3v) is 17.6. The lowest BCUT2D eigenvalue weighted by Gasteiger charge is -2.14. The molecule has 564 valence electrons. The largest absolute Gasteiger partial charge is 0.507 e. The monoisotopic (exact) mass is 1480 g/mol. The number of esters is 3. The predicted octanol–water partition coefficient (Wildman–Crippen LogP) is 18.6. The maximum Gasteiger partial charge on any atom is 0.309 e. The van der Waals surface area contributed by atoms with Crippen LogP contribution in [-0.2, 0) is 28.6 Å². The quantitative estimate of drug-likeness (QED) is 0.0207. The molecule has 0 radical (unpaired) electrons. The van der Waals surface area contributed by atoms with E-state index in [1.807, 2.05) is 198 Å². The second-order valence-electron chi connectivity index (χ2n) is 25.9. The van der Waals surface area contributed by atoms with Crippen LogP contribution in [0, 0.1) is 25.7 Å². The second-order valence-corrected chi connectivity index (χ2v) is 25.9. The van der Waals surface area contributed by atoms with Crippen LogP contribution in [0.5, 0.6) is 34.5 Å². The lowest BCUT2D eigenvalue weighted by Crippen LogP contribution is -2.20. The molecule has 12 aromatic rings. The van der Waals surface area contributed by atoms with Crippen LogP contribution in [0.2, 0.25) is 0 Å². The van der Waals surface area contributed by atoms with Crippen molar-refractivity contribution in [3.63, 3.8) is 0 Å². The van der Waals surface area contributed by atoms with E-state index >= 15 is 0 Å². The molecule has 0 saturated carbocycles. The minimum Gasteiger partial charge on any atom is -0.507 e. The van der Waals surface area contributed by atoms with E-state index in [-0.39, 0.29) is 86.6 Å². The van der Waals surface area contributed by atoms with Crippen molar-refractivity contribution in [2.24, 2.45) is 11.8 Å². The van der Waals surface area contributed by atoms with Gasteiger partial charge in [-0.15, -0.1) is 0 Å². The summed E-state index contributed by atoms with van der Waals surface area (Å²) in [6, 6.07) is 69.3. The number of hydrogen-bond acceptors (Lipinski definition) is 21. The van der Waals surface area contributed by atoms with Gasteiger partial charge in [-0.3, -0.25) is 14.4 Å². The Morgan fingerprint density at radius 1 is 0.318 bits per heavy atom. The van der Waals surface area contributed by atoms with Crippen molar-refractivity contribution < 1.29 is 58.1 Å². The Balaban J connectivity index is 0.000000177. The number of unbranched alkanes of at least 4 members (excludes halogenated alkanes) is 2. The van der Waals surface area contributed by atoms with E-state index in [0.717, 1.165) is 95.9 Å². The maximum atomic E-state index is 12.3. The van der Waals surface area contributed by atoms with Crippen molar-refractivity contribution >= 4 is 17.9 Å². The van der Waals surface area contributed by atoms with E-state index in [2.05, 4.69) is 43.8 Å². The fraction of sp³-hybridized carbons (Fsp3) is 0.258. The normalized spacial score (nSPS) is 11.3. The molecule has 2 atom stereocenters. The number of ether oxygens (including phenoxy) is 6. The van der Waals surface area contributed by atoms with Crippen LogP contribution < -0.4 is 14.2 Å². The van der Waals surface area contributed by atoms with E-state index in [1.165, 1.54) is 25.1 Å². The Labute approximate surface area is 641 Å². The van der Waals surface area contributed by atoms with Crippen LogP contribution >= 0.6 is 0 Å². The number of aromatic nitrogens is 9. The zero-order valence-electron chi connectivity index (χ0n) is 63.0. The average molecular weight is 1480 g/mol. The van der Waals surface area contributed by atoms with E-state index in [0.29, 0.717) is 86.4 Å². The van der Waals surface area contributed by atoms with Gasteiger partial charge >= 0.3 is 17.9 Å². The molecule has 0 aliphatic carbocycles. The Bertz CT molecular complexity index is 4770. The maximum absolute atomic E-state index is 12.3. The number of phenolic OH excluding ortho intramolecular Hbond substituents is 3. The number of nitrogens with zero attached hydrogens (tertiary/aromatic N) is 9. The van der Waals surface area contributed by atoms with Crippen LogP contribution in [0.15, 0.2) is 224 Å². The zero-order valence-corrected chi connectivity index (χ0v) is 63.0. The fourth-order valence-electron chi connectivity index (χ4n) is 11.5. The summed E-state index contributed by atoms with van der Waals surface area (Å²) in [5, 5.41) is 32.4. The zero-order chi connectivity index (χ0) is 77.6. The standard InChI is InChI=1S/C33H37N3O4.C31H33N3O4.C25H21N3O4/c1-5-7-8-24(6-2)33(38)40-20-19-39-27-17-18-28(29(37)21-27)32-35-30(25-13-9-22(3)10-14-25)34-31(36-32)26-15-11-23(4)12-16-26;1-3-5-12-22(4-2)31(36)38-20-19-37-25-17-18-26(27(35)21-25)30-33-28(23-13-8-6-9-14-23)32-29(34-30)24-15-10-7-11-16-24;1-17(29)31-14-15-32-20-12-13-21(22(30)16-20)25-27-23(18-8-4-2-5-9-18)26-24(28-25)19-10-6-3-7-11-19/h9-18,21,24,37H,5-8,19-20H2,1-4H3;6-11,13-18,21-22,35H,3-5,12,19-20H2,1-2H3;2-13,16,30H,14-15H2,1H3. The number of aromatic hydroxyl groups is 3. The van der Waals surface area contributed by atoms with Gasteiger partial charge in [0, 0.05) is 58.5 Å². The van der Waals surface area contributed by atoms with E-state index in [4.69, 9.17) is 43.4 Å². The fourth-order valence-corrected chi connectivity index (χ4v) is 11.5. The molecular formula is C89H91N9O12. The molecule has 0 fully saturated rings. The van der Waals surface area contributed by atoms with Crippen molar-refractivity contribution in [1.29, 1.82) is 0 Å². The first-order valence-electron chi connectivity index (χ1n) is 37.1. The minimum atomic E-state index is -0.370. The minimum absolute atomic E-state index is 0.0176. The first-order valence-corrected chi connectivity index (χ1v) is 37.1. The number of phenols is 3. The molecule has 0 spiro atoms. The summed E-state index contributed by atoms with van der Waals surface area (Å²) in [7, 11) is 0. The molecule has 0 bridgehead atoms. The van der Waals surface area contributed by atoms with Crippen molar-refractivity contribution in [1.82, 2.24) is 44.9 Å². The van der Waals surface area contributed by atoms with Crippen molar-refractivity contribution in [3.05, 3.63) is 236 Å². The second kappa shape index (κ2) is 40.8. The van der Waals surface area contributed by atoms with E-state index in [9.17, 15) is 29.7 Å². The molecule has 0 aliphatic rings. The summed E-state index contributed by atoms with van der Waals surface area (Å²) in [5.41, 5.74) is 8.76. The van der Waals surface area contributed by atoms with E-state index in [1.54, 1.807) is 36.4 Å². The van der Waals surface area contributed by atoms with Crippen molar-refractivity contribution in [2.45, 2.75) is 99.8 Å². The molecule has 3 aromatic heterocycles. The number of carbonyl (C=O) groups is 3. The molecule has 0 aliphatic heterocycles. The first-order chi connectivity index (χ1) is 53.6. The molecule has 110 heavy (non-hydrogen) atoms. The summed E-state index contributed by atoms with van der Waals surface area (Å²) >= 11 is 0. The highest BCUT2D eigenvalue weighted by atomic mass is 16.6. The van der Waals surface area contributed by atoms with Gasteiger partial charge in [0.2, 0.25) is 0 Å². The van der Waals surface area contributed by atoms with E-state index < -0.39 is 0 Å². The number of hydrogen-bond donors (Lipinski definition) is 3. The molecular weight excluding hydrogens is 1390 g/mol. The van der Waals surface area contributed by atoms with Gasteiger partial charge in [0.1, 0.15) is 74.1 Å². The highest BCUT2D eigenvalue weighted by molar-refractivity contribution is 5.75. The number of carbonyl (C=O) groups excluding carboxylic acids is 3. The molecule has 0 saturated heterocycles. The van der Waals surface area contributed by atoms with Gasteiger partial charge in [-0.1, -0.05) is 234 Å².